The zero-order chi connectivity index (χ0) is 73.7. The van der Waals surface area contributed by atoms with Gasteiger partial charge in [-0.2, -0.15) is 0 Å². The minimum absolute atomic E-state index is 0.273. The maximum absolute atomic E-state index is 11.2. The summed E-state index contributed by atoms with van der Waals surface area (Å²) in [5.74, 6) is 20.7. The first kappa shape index (κ1) is 88.3. The maximum atomic E-state index is 11.2. The van der Waals surface area contributed by atoms with Crippen molar-refractivity contribution in [3.63, 3.8) is 0 Å². The number of aliphatic hydroxyl groups is 6. The Hall–Kier alpha value is -0.280. The van der Waals surface area contributed by atoms with Crippen molar-refractivity contribution in [3.8, 4) is 0 Å². The molecule has 7 heteroatoms. The molecule has 6 N–H and O–H groups in total. The molecule has 8 rings (SSSR count). The highest BCUT2D eigenvalue weighted by atomic mass is 16.5. The number of hydrogen-bond acceptors (Lipinski definition) is 7. The standard InChI is InChI=1S/C96H178O7/c1-68-27-19-39-80-47-51-84(59-80)74(7)31-15-23-70(3)43-46-73(6)26-18-34-77(10)87-56-58-91(64-87)89-54-50-79(62-89)36-12-14-38-83(66-103-95-93(100)92(99)94(101)96(95,102)67-98)42-22-30-69(2)28-20-40-81-48-52-85(60-81)75(8)32-16-24-71(4)44-45-72(5)25-17-33-76(9)86-55-57-90(63-86)88-53-49-78(61-88)35-11-13-37-82(65-97)41-21-29-68/h68-95,97-102H,11-67H2,1-10H3. The lowest BCUT2D eigenvalue weighted by molar-refractivity contribution is -0.173. The summed E-state index contributed by atoms with van der Waals surface area (Å²) in [5, 5.41) is 63.7. The van der Waals surface area contributed by atoms with Gasteiger partial charge in [-0.3, -0.25) is 0 Å². The molecule has 0 aliphatic heterocycles. The van der Waals surface area contributed by atoms with Crippen LogP contribution in [0.25, 0.3) is 0 Å². The Morgan fingerprint density at radius 1 is 0.262 bits per heavy atom. The first-order valence-electron chi connectivity index (χ1n) is 47.3. The normalized spacial score (nSPS) is 44.7. The van der Waals surface area contributed by atoms with E-state index < -0.39 is 36.6 Å². The largest absolute Gasteiger partial charge is 0.396 e. The summed E-state index contributed by atoms with van der Waals surface area (Å²) in [7, 11) is 0. The Morgan fingerprint density at radius 2 is 0.524 bits per heavy atom. The van der Waals surface area contributed by atoms with Gasteiger partial charge in [0, 0.05) is 6.61 Å². The highest BCUT2D eigenvalue weighted by molar-refractivity contribution is 5.10. The summed E-state index contributed by atoms with van der Waals surface area (Å²) in [6, 6.07) is 0. The second kappa shape index (κ2) is 47.3. The number of rotatable bonds is 5. The molecular formula is C96H178O7. The van der Waals surface area contributed by atoms with Gasteiger partial charge in [-0.15, -0.1) is 0 Å². The summed E-state index contributed by atoms with van der Waals surface area (Å²) in [6.07, 6.45) is 69.3. The fourth-order valence-electron chi connectivity index (χ4n) is 24.7. The van der Waals surface area contributed by atoms with Gasteiger partial charge in [0.2, 0.25) is 0 Å². The van der Waals surface area contributed by atoms with Crippen LogP contribution in [0, 0.1) is 142 Å². The minimum Gasteiger partial charge on any atom is -0.396 e. The minimum atomic E-state index is -2.08. The third-order valence-corrected chi connectivity index (χ3v) is 32.8. The fourth-order valence-corrected chi connectivity index (χ4v) is 24.7. The van der Waals surface area contributed by atoms with Gasteiger partial charge >= 0.3 is 0 Å². The van der Waals surface area contributed by atoms with E-state index in [4.69, 9.17) is 4.74 Å². The lowest BCUT2D eigenvalue weighted by Gasteiger charge is -2.32. The Morgan fingerprint density at radius 3 is 0.903 bits per heavy atom. The molecule has 604 valence electrons. The van der Waals surface area contributed by atoms with Crippen LogP contribution in [0.4, 0.5) is 0 Å². The monoisotopic (exact) mass is 1440 g/mol. The molecule has 0 radical (unpaired) electrons. The van der Waals surface area contributed by atoms with Crippen LogP contribution < -0.4 is 0 Å². The third-order valence-electron chi connectivity index (χ3n) is 32.8. The van der Waals surface area contributed by atoms with Gasteiger partial charge in [-0.1, -0.05) is 300 Å². The number of aliphatic hydroxyl groups excluding tert-OH is 5. The van der Waals surface area contributed by atoms with E-state index in [1.807, 2.05) is 0 Å². The Labute approximate surface area is 639 Å². The first-order valence-corrected chi connectivity index (χ1v) is 47.3. The molecule has 8 saturated carbocycles. The van der Waals surface area contributed by atoms with Crippen LogP contribution >= 0.6 is 0 Å². The topological polar surface area (TPSA) is 131 Å². The van der Waals surface area contributed by atoms with Crippen LogP contribution in [-0.4, -0.2) is 80.5 Å². The van der Waals surface area contributed by atoms with Gasteiger partial charge in [0.25, 0.3) is 0 Å². The Bertz CT molecular complexity index is 2170. The molecule has 8 aliphatic carbocycles. The maximum Gasteiger partial charge on any atom is 0.145 e. The van der Waals surface area contributed by atoms with Crippen molar-refractivity contribution in [2.75, 3.05) is 19.8 Å². The van der Waals surface area contributed by atoms with Crippen molar-refractivity contribution in [2.24, 2.45) is 142 Å². The van der Waals surface area contributed by atoms with Crippen molar-refractivity contribution in [3.05, 3.63) is 0 Å². The summed E-state index contributed by atoms with van der Waals surface area (Å²) < 4.78 is 6.27. The molecule has 12 bridgehead atoms. The quantitative estimate of drug-likeness (QED) is 0.162. The predicted molar refractivity (Wildman–Crippen MR) is 437 cm³/mol. The van der Waals surface area contributed by atoms with Crippen LogP contribution in [0.2, 0.25) is 0 Å². The molecule has 7 nitrogen and oxygen atoms in total. The third kappa shape index (κ3) is 30.0. The molecule has 103 heavy (non-hydrogen) atoms. The molecule has 0 aromatic carbocycles. The van der Waals surface area contributed by atoms with Crippen LogP contribution in [0.15, 0.2) is 0 Å². The second-order valence-corrected chi connectivity index (χ2v) is 41.4. The molecular weight excluding hydrogens is 1270 g/mol. The number of ether oxygens (including phenoxy) is 1. The smallest absolute Gasteiger partial charge is 0.145 e. The Kier molecular flexibility index (Phi) is 40.5. The molecule has 29 atom stereocenters. The van der Waals surface area contributed by atoms with E-state index >= 15 is 0 Å². The van der Waals surface area contributed by atoms with E-state index in [0.717, 1.165) is 150 Å². The molecule has 0 aromatic rings. The molecule has 8 fully saturated rings. The van der Waals surface area contributed by atoms with Gasteiger partial charge in [0.05, 0.1) is 13.2 Å². The lowest BCUT2D eigenvalue weighted by Crippen LogP contribution is -2.53. The zero-order valence-corrected chi connectivity index (χ0v) is 70.1. The second-order valence-electron chi connectivity index (χ2n) is 41.4. The van der Waals surface area contributed by atoms with Gasteiger partial charge < -0.3 is 35.4 Å². The highest BCUT2D eigenvalue weighted by Gasteiger charge is 2.60. The molecule has 0 amide bonds. The van der Waals surface area contributed by atoms with Crippen molar-refractivity contribution in [2.45, 2.75) is 446 Å². The van der Waals surface area contributed by atoms with E-state index in [1.165, 1.54) is 321 Å². The lowest BCUT2D eigenvalue weighted by atomic mass is 9.83. The average Bonchev–Trinajstić information content (AvgIpc) is 1.62. The average molecular weight is 1440 g/mol. The zero-order valence-electron chi connectivity index (χ0n) is 70.1. The van der Waals surface area contributed by atoms with Crippen molar-refractivity contribution >= 4 is 0 Å². The van der Waals surface area contributed by atoms with Crippen molar-refractivity contribution in [1.29, 1.82) is 0 Å². The predicted octanol–water partition coefficient (Wildman–Crippen LogP) is 25.3. The first-order chi connectivity index (χ1) is 49.7. The van der Waals surface area contributed by atoms with E-state index in [2.05, 4.69) is 69.2 Å². The van der Waals surface area contributed by atoms with Crippen LogP contribution in [-0.2, 0) is 4.74 Å². The molecule has 0 spiro atoms. The Balaban J connectivity index is 0.746. The highest BCUT2D eigenvalue weighted by Crippen LogP contribution is 2.51. The van der Waals surface area contributed by atoms with Crippen molar-refractivity contribution < 1.29 is 35.4 Å². The summed E-state index contributed by atoms with van der Waals surface area (Å²) in [5.41, 5.74) is -2.08. The van der Waals surface area contributed by atoms with E-state index in [1.54, 1.807) is 0 Å². The van der Waals surface area contributed by atoms with Gasteiger partial charge in [0.1, 0.15) is 30.0 Å². The van der Waals surface area contributed by atoms with Crippen LogP contribution in [0.1, 0.15) is 416 Å². The summed E-state index contributed by atoms with van der Waals surface area (Å²) >= 11 is 0. The van der Waals surface area contributed by atoms with E-state index in [0.29, 0.717) is 25.0 Å². The van der Waals surface area contributed by atoms with Gasteiger partial charge in [-0.25, -0.2) is 0 Å². The molecule has 0 heterocycles. The number of hydrogen-bond donors (Lipinski definition) is 6. The van der Waals surface area contributed by atoms with E-state index in [9.17, 15) is 30.6 Å². The molecule has 0 saturated heterocycles. The molecule has 29 unspecified atom stereocenters. The van der Waals surface area contributed by atoms with Crippen LogP contribution in [0.3, 0.4) is 0 Å². The number of fused-ring (bicyclic) bond motifs is 14. The van der Waals surface area contributed by atoms with Crippen LogP contribution in [0.5, 0.6) is 0 Å². The SMILES string of the molecule is CC1CCCC(CO)CCCCC2CCC(C2)C2CCC(C2)C(C)CCCC(C)CCC(C)CCCC(C)C2CCC(CCCC(C)CCCC(COC3C(O)C(O)C(O)C3(O)CO)CCCCC3CCC(C3)C3CCC(C3)C(C)CCCC(C)CCC(C)CCCC(C)C3CCC(CCC1)C3)C2. The molecule has 8 aliphatic rings. The van der Waals surface area contributed by atoms with Gasteiger partial charge in [-0.05, 0) is 258 Å². The van der Waals surface area contributed by atoms with Crippen molar-refractivity contribution in [1.82, 2.24) is 0 Å². The van der Waals surface area contributed by atoms with E-state index in [-0.39, 0.29) is 5.92 Å². The summed E-state index contributed by atoms with van der Waals surface area (Å²) in [6.45, 7) is 25.6. The summed E-state index contributed by atoms with van der Waals surface area (Å²) in [4.78, 5) is 0. The molecule has 0 aromatic heterocycles. The fraction of sp³-hybridized carbons (Fsp3) is 1.00. The van der Waals surface area contributed by atoms with Gasteiger partial charge in [0.15, 0.2) is 0 Å².